The predicted octanol–water partition coefficient (Wildman–Crippen LogP) is 3.80. The molecule has 0 aliphatic carbocycles. The first kappa shape index (κ1) is 34.7. The molecule has 222 valence electrons. The third-order valence-electron chi connectivity index (χ3n) is 7.41. The molecule has 6 N–H and O–H groups in total. The fourth-order valence-corrected chi connectivity index (χ4v) is 4.95. The minimum absolute atomic E-state index is 0.106. The van der Waals surface area contributed by atoms with E-state index in [1.54, 1.807) is 0 Å². The maximum atomic E-state index is 10.1. The first-order chi connectivity index (χ1) is 18.0. The summed E-state index contributed by atoms with van der Waals surface area (Å²) in [6, 6.07) is 0. The molecule has 0 aromatic rings. The highest BCUT2D eigenvalue weighted by atomic mass is 16.7. The van der Waals surface area contributed by atoms with Crippen LogP contribution in [0.1, 0.15) is 122 Å². The molecule has 8 heteroatoms. The Morgan fingerprint density at radius 1 is 0.703 bits per heavy atom. The third-order valence-corrected chi connectivity index (χ3v) is 7.41. The maximum absolute atomic E-state index is 10.1. The fraction of sp³-hybridized carbons (Fsp3) is 1.00. The van der Waals surface area contributed by atoms with Crippen molar-refractivity contribution in [3.8, 4) is 0 Å². The normalized spacial score (nSPS) is 25.0. The molecule has 0 spiro atoms. The summed E-state index contributed by atoms with van der Waals surface area (Å²) >= 11 is 0. The van der Waals surface area contributed by atoms with Gasteiger partial charge in [-0.15, -0.1) is 0 Å². The molecule has 0 aromatic carbocycles. The van der Waals surface area contributed by atoms with Crippen molar-refractivity contribution in [3.05, 3.63) is 0 Å². The van der Waals surface area contributed by atoms with Gasteiger partial charge in [-0.1, -0.05) is 116 Å². The van der Waals surface area contributed by atoms with Crippen molar-refractivity contribution in [1.82, 2.24) is 5.32 Å². The van der Waals surface area contributed by atoms with Gasteiger partial charge in [0.1, 0.15) is 24.4 Å². The smallest absolute Gasteiger partial charge is 0.184 e. The van der Waals surface area contributed by atoms with Crippen LogP contribution in [0.25, 0.3) is 0 Å². The van der Waals surface area contributed by atoms with Crippen LogP contribution in [0.3, 0.4) is 0 Å². The molecule has 1 heterocycles. The SMILES string of the molecule is CCCCCCCCCCCCCCCCCCCCNCC(O)CO[C@@H]1[C@@H](O)[C@@H](O)[C@@H](CO)O[C@H]1O. The number of hydrogen-bond acceptors (Lipinski definition) is 8. The number of nitrogens with one attached hydrogen (secondary N) is 1. The van der Waals surface area contributed by atoms with Gasteiger partial charge in [0.25, 0.3) is 0 Å². The topological polar surface area (TPSA) is 132 Å². The zero-order valence-corrected chi connectivity index (χ0v) is 23.6. The minimum Gasteiger partial charge on any atom is -0.394 e. The van der Waals surface area contributed by atoms with Crippen LogP contribution in [-0.4, -0.2) is 88.6 Å². The van der Waals surface area contributed by atoms with Gasteiger partial charge >= 0.3 is 0 Å². The average Bonchev–Trinajstić information content (AvgIpc) is 2.89. The van der Waals surface area contributed by atoms with E-state index < -0.39 is 43.4 Å². The molecule has 1 aliphatic heterocycles. The highest BCUT2D eigenvalue weighted by Gasteiger charge is 2.44. The summed E-state index contributed by atoms with van der Waals surface area (Å²) in [6.07, 6.45) is 17.1. The summed E-state index contributed by atoms with van der Waals surface area (Å²) in [5.74, 6) is 0. The van der Waals surface area contributed by atoms with Gasteiger partial charge in [-0.05, 0) is 13.0 Å². The zero-order chi connectivity index (χ0) is 27.1. The molecule has 8 nitrogen and oxygen atoms in total. The summed E-state index contributed by atoms with van der Waals surface area (Å²) in [7, 11) is 0. The molecule has 1 aliphatic rings. The molecule has 1 rings (SSSR count). The second-order valence-corrected chi connectivity index (χ2v) is 10.9. The van der Waals surface area contributed by atoms with Gasteiger partial charge in [0.05, 0.1) is 19.3 Å². The highest BCUT2D eigenvalue weighted by molar-refractivity contribution is 4.89. The van der Waals surface area contributed by atoms with E-state index >= 15 is 0 Å². The Hall–Kier alpha value is -0.320. The van der Waals surface area contributed by atoms with Crippen LogP contribution in [0.5, 0.6) is 0 Å². The number of aliphatic hydroxyl groups excluding tert-OH is 5. The predicted molar refractivity (Wildman–Crippen MR) is 147 cm³/mol. The molecule has 0 aromatic heterocycles. The lowest BCUT2D eigenvalue weighted by molar-refractivity contribution is -0.298. The Morgan fingerprint density at radius 2 is 1.16 bits per heavy atom. The Labute approximate surface area is 226 Å². The van der Waals surface area contributed by atoms with Crippen molar-refractivity contribution < 1.29 is 35.0 Å². The lowest BCUT2D eigenvalue weighted by atomic mass is 9.99. The van der Waals surface area contributed by atoms with Crippen LogP contribution in [-0.2, 0) is 9.47 Å². The van der Waals surface area contributed by atoms with Crippen LogP contribution in [0.2, 0.25) is 0 Å². The van der Waals surface area contributed by atoms with Crippen molar-refractivity contribution >= 4 is 0 Å². The Morgan fingerprint density at radius 3 is 1.62 bits per heavy atom. The van der Waals surface area contributed by atoms with Crippen molar-refractivity contribution in [2.75, 3.05) is 26.3 Å². The van der Waals surface area contributed by atoms with Gasteiger partial charge in [-0.3, -0.25) is 0 Å². The molecule has 0 saturated carbocycles. The van der Waals surface area contributed by atoms with Crippen molar-refractivity contribution in [2.45, 2.75) is 159 Å². The molecule has 1 unspecified atom stereocenters. The molecule has 37 heavy (non-hydrogen) atoms. The first-order valence-electron chi connectivity index (χ1n) is 15.3. The Kier molecular flexibility index (Phi) is 22.1. The minimum atomic E-state index is -1.48. The fourth-order valence-electron chi connectivity index (χ4n) is 4.95. The monoisotopic (exact) mass is 533 g/mol. The van der Waals surface area contributed by atoms with Crippen LogP contribution < -0.4 is 5.32 Å². The van der Waals surface area contributed by atoms with Crippen LogP contribution in [0, 0.1) is 0 Å². The summed E-state index contributed by atoms with van der Waals surface area (Å²) in [6.45, 7) is 2.82. The Balaban J connectivity index is 1.83. The lowest BCUT2D eigenvalue weighted by Crippen LogP contribution is -2.59. The summed E-state index contributed by atoms with van der Waals surface area (Å²) < 4.78 is 10.4. The zero-order valence-electron chi connectivity index (χ0n) is 23.6. The number of rotatable bonds is 25. The third kappa shape index (κ3) is 17.1. The quantitative estimate of drug-likeness (QED) is 0.0977. The lowest BCUT2D eigenvalue weighted by Gasteiger charge is -2.40. The van der Waals surface area contributed by atoms with Gasteiger partial charge in [0, 0.05) is 6.54 Å². The molecule has 1 fully saturated rings. The summed E-state index contributed by atoms with van der Waals surface area (Å²) in [4.78, 5) is 0. The van der Waals surface area contributed by atoms with E-state index in [9.17, 15) is 20.4 Å². The van der Waals surface area contributed by atoms with E-state index in [1.807, 2.05) is 0 Å². The van der Waals surface area contributed by atoms with Crippen LogP contribution in [0.4, 0.5) is 0 Å². The van der Waals surface area contributed by atoms with Gasteiger partial charge in [-0.2, -0.15) is 0 Å². The van der Waals surface area contributed by atoms with Gasteiger partial charge in [0.15, 0.2) is 6.29 Å². The van der Waals surface area contributed by atoms with Crippen LogP contribution in [0.15, 0.2) is 0 Å². The van der Waals surface area contributed by atoms with Gasteiger partial charge < -0.3 is 40.3 Å². The van der Waals surface area contributed by atoms with Gasteiger partial charge in [0.2, 0.25) is 0 Å². The molecular formula is C29H59NO7. The summed E-state index contributed by atoms with van der Waals surface area (Å²) in [5.41, 5.74) is 0. The van der Waals surface area contributed by atoms with E-state index in [0.717, 1.165) is 13.0 Å². The second kappa shape index (κ2) is 23.6. The highest BCUT2D eigenvalue weighted by Crippen LogP contribution is 2.22. The number of unbranched alkanes of at least 4 members (excludes halogenated alkanes) is 17. The van der Waals surface area contributed by atoms with E-state index in [-0.39, 0.29) is 6.61 Å². The van der Waals surface area contributed by atoms with E-state index in [4.69, 9.17) is 14.6 Å². The second-order valence-electron chi connectivity index (χ2n) is 10.9. The first-order valence-corrected chi connectivity index (χ1v) is 15.3. The molecule has 6 atom stereocenters. The molecular weight excluding hydrogens is 474 g/mol. The average molecular weight is 534 g/mol. The number of ether oxygens (including phenoxy) is 2. The molecule has 0 radical (unpaired) electrons. The van der Waals surface area contributed by atoms with Crippen molar-refractivity contribution in [1.29, 1.82) is 0 Å². The molecule has 1 saturated heterocycles. The van der Waals surface area contributed by atoms with E-state index in [0.29, 0.717) is 6.54 Å². The van der Waals surface area contributed by atoms with Crippen LogP contribution >= 0.6 is 0 Å². The van der Waals surface area contributed by atoms with Crippen molar-refractivity contribution in [3.63, 3.8) is 0 Å². The largest absolute Gasteiger partial charge is 0.394 e. The molecule has 0 amide bonds. The standard InChI is InChI=1S/C29H59NO7/c1-2-3-4-5-6-7-8-9-10-11-12-13-14-15-16-17-18-19-20-30-21-24(32)23-36-28-27(34)26(33)25(22-31)37-29(28)35/h24-35H,2-23H2,1H3/t24?,25-,26+,27+,28-,29-/m1/s1. The summed E-state index contributed by atoms with van der Waals surface area (Å²) in [5, 5.41) is 52.2. The number of aliphatic hydroxyl groups is 5. The van der Waals surface area contributed by atoms with Crippen molar-refractivity contribution in [2.24, 2.45) is 0 Å². The van der Waals surface area contributed by atoms with Gasteiger partial charge in [-0.25, -0.2) is 0 Å². The van der Waals surface area contributed by atoms with E-state index in [2.05, 4.69) is 12.2 Å². The molecule has 0 bridgehead atoms. The number of hydrogen-bond donors (Lipinski definition) is 6. The maximum Gasteiger partial charge on any atom is 0.184 e. The van der Waals surface area contributed by atoms with E-state index in [1.165, 1.54) is 109 Å². The Bertz CT molecular complexity index is 499.